The summed E-state index contributed by atoms with van der Waals surface area (Å²) in [5.41, 5.74) is 2.95. The molecule has 4 rings (SSSR count). The Labute approximate surface area is 193 Å². The van der Waals surface area contributed by atoms with Crippen molar-refractivity contribution in [3.63, 3.8) is 0 Å². The van der Waals surface area contributed by atoms with Crippen molar-refractivity contribution in [3.05, 3.63) is 126 Å². The van der Waals surface area contributed by atoms with Crippen LogP contribution >= 0.6 is 0 Å². The van der Waals surface area contributed by atoms with Crippen LogP contribution in [0.25, 0.3) is 0 Å². The molecule has 3 aromatic carbocycles. The van der Waals surface area contributed by atoms with E-state index in [0.29, 0.717) is 6.54 Å². The van der Waals surface area contributed by atoms with Gasteiger partial charge in [-0.2, -0.15) is 13.1 Å². The fourth-order valence-electron chi connectivity index (χ4n) is 3.51. The minimum atomic E-state index is -4.14. The maximum Gasteiger partial charge on any atom is 0.423 e. The topological polar surface area (TPSA) is 81.3 Å². The van der Waals surface area contributed by atoms with Crippen LogP contribution in [0, 0.1) is 0 Å². The van der Waals surface area contributed by atoms with Gasteiger partial charge in [0.2, 0.25) is 0 Å². The third-order valence-electron chi connectivity index (χ3n) is 5.15. The Morgan fingerprint density at radius 2 is 1.42 bits per heavy atom. The average Bonchev–Trinajstić information content (AvgIpc) is 3.31. The summed E-state index contributed by atoms with van der Waals surface area (Å²) in [4.78, 5) is 12.4. The van der Waals surface area contributed by atoms with Gasteiger partial charge in [0.1, 0.15) is 25.5 Å². The fraction of sp³-hybridized carbons (Fsp3) is 0.120. The van der Waals surface area contributed by atoms with Gasteiger partial charge in [0.15, 0.2) is 0 Å². The van der Waals surface area contributed by atoms with E-state index in [2.05, 4.69) is 0 Å². The zero-order chi connectivity index (χ0) is 23.1. The summed E-state index contributed by atoms with van der Waals surface area (Å²) in [7, 11) is -4.14. The second-order valence-corrected chi connectivity index (χ2v) is 9.06. The van der Waals surface area contributed by atoms with E-state index in [1.165, 1.54) is 12.5 Å². The van der Waals surface area contributed by atoms with Gasteiger partial charge in [-0.15, -0.1) is 3.97 Å². The van der Waals surface area contributed by atoms with Crippen molar-refractivity contribution in [2.75, 3.05) is 6.61 Å². The van der Waals surface area contributed by atoms with Crippen molar-refractivity contribution in [1.29, 1.82) is 0 Å². The minimum Gasteiger partial charge on any atom is -0.448 e. The number of carbonyl (C=O) groups is 1. The molecule has 0 radical (unpaired) electrons. The third kappa shape index (κ3) is 5.87. The summed E-state index contributed by atoms with van der Waals surface area (Å²) >= 11 is 0. The van der Waals surface area contributed by atoms with Crippen molar-refractivity contribution in [2.45, 2.75) is 12.5 Å². The van der Waals surface area contributed by atoms with Crippen LogP contribution < -0.4 is 9.29 Å². The van der Waals surface area contributed by atoms with E-state index in [4.69, 9.17) is 4.74 Å². The molecule has 0 bridgehead atoms. The van der Waals surface area contributed by atoms with Gasteiger partial charge in [-0.1, -0.05) is 91.0 Å². The largest absolute Gasteiger partial charge is 0.448 e. The minimum absolute atomic E-state index is 0.00490. The smallest absolute Gasteiger partial charge is 0.423 e. The van der Waals surface area contributed by atoms with Crippen LogP contribution in [-0.4, -0.2) is 25.1 Å². The summed E-state index contributed by atoms with van der Waals surface area (Å²) in [5, 5.41) is 0. The highest BCUT2D eigenvalue weighted by molar-refractivity contribution is 7.88. The first-order valence-corrected chi connectivity index (χ1v) is 11.9. The van der Waals surface area contributed by atoms with Crippen molar-refractivity contribution in [3.8, 4) is 0 Å². The molecule has 0 saturated heterocycles. The second kappa shape index (κ2) is 10.1. The molecular formula is C25H24N3O4S+. The third-order valence-corrected chi connectivity index (χ3v) is 6.35. The number of nitrogens with one attached hydrogen (secondary N) is 1. The fourth-order valence-corrected chi connectivity index (χ4v) is 4.34. The Bertz CT molecular complexity index is 1250. The summed E-state index contributed by atoms with van der Waals surface area (Å²) in [5.74, 6) is -0.222. The van der Waals surface area contributed by atoms with E-state index in [9.17, 15) is 13.2 Å². The highest BCUT2D eigenvalue weighted by Crippen LogP contribution is 2.24. The number of ether oxygens (including phenoxy) is 1. The molecule has 8 heteroatoms. The molecule has 0 aliphatic carbocycles. The van der Waals surface area contributed by atoms with Gasteiger partial charge >= 0.3 is 16.3 Å². The van der Waals surface area contributed by atoms with Crippen LogP contribution in [0.5, 0.6) is 0 Å². The molecule has 7 nitrogen and oxygen atoms in total. The monoisotopic (exact) mass is 462 g/mol. The molecule has 168 valence electrons. The van der Waals surface area contributed by atoms with Crippen LogP contribution in [-0.2, 0) is 21.5 Å². The van der Waals surface area contributed by atoms with Crippen molar-refractivity contribution in [1.82, 2.24) is 8.69 Å². The predicted octanol–water partition coefficient (Wildman–Crippen LogP) is 3.48. The predicted molar refractivity (Wildman–Crippen MR) is 124 cm³/mol. The molecule has 0 fully saturated rings. The Morgan fingerprint density at radius 1 is 0.879 bits per heavy atom. The number of imidazole rings is 1. The quantitative estimate of drug-likeness (QED) is 0.407. The first-order chi connectivity index (χ1) is 16.0. The van der Waals surface area contributed by atoms with E-state index in [-0.39, 0.29) is 12.5 Å². The highest BCUT2D eigenvalue weighted by Gasteiger charge is 2.25. The lowest BCUT2D eigenvalue weighted by Crippen LogP contribution is -2.37. The Hall–Kier alpha value is -3.91. The summed E-state index contributed by atoms with van der Waals surface area (Å²) < 4.78 is 35.2. The lowest BCUT2D eigenvalue weighted by molar-refractivity contribution is -0.687. The number of rotatable bonds is 8. The molecule has 0 atom stereocenters. The SMILES string of the molecule is O=C(NS(=O)(=O)n1cc[n+](Cc2ccccc2)c1)OCC(c1ccccc1)c1ccccc1. The second-order valence-electron chi connectivity index (χ2n) is 7.48. The van der Waals surface area contributed by atoms with Crippen molar-refractivity contribution < 1.29 is 22.5 Å². The van der Waals surface area contributed by atoms with Gasteiger partial charge in [-0.05, 0) is 16.7 Å². The summed E-state index contributed by atoms with van der Waals surface area (Å²) in [6.45, 7) is 0.499. The molecule has 0 aliphatic rings. The molecule has 0 aliphatic heterocycles. The van der Waals surface area contributed by atoms with Gasteiger partial charge in [0.25, 0.3) is 6.33 Å². The number of hydrogen-bond acceptors (Lipinski definition) is 4. The van der Waals surface area contributed by atoms with Crippen LogP contribution in [0.15, 0.2) is 110 Å². The molecule has 0 unspecified atom stereocenters. The van der Waals surface area contributed by atoms with E-state index < -0.39 is 16.3 Å². The molecule has 4 aromatic rings. The number of amides is 1. The van der Waals surface area contributed by atoms with Gasteiger partial charge in [-0.25, -0.2) is 9.36 Å². The maximum atomic E-state index is 12.6. The molecular weight excluding hydrogens is 438 g/mol. The maximum absolute atomic E-state index is 12.6. The zero-order valence-electron chi connectivity index (χ0n) is 17.8. The van der Waals surface area contributed by atoms with E-state index in [1.54, 1.807) is 10.8 Å². The number of aromatic nitrogens is 2. The van der Waals surface area contributed by atoms with Gasteiger partial charge in [0, 0.05) is 5.92 Å². The Balaban J connectivity index is 1.41. The summed E-state index contributed by atoms with van der Waals surface area (Å²) in [6, 6.07) is 28.9. The van der Waals surface area contributed by atoms with Gasteiger partial charge in [0.05, 0.1) is 0 Å². The normalized spacial score (nSPS) is 11.3. The van der Waals surface area contributed by atoms with Crippen molar-refractivity contribution in [2.24, 2.45) is 0 Å². The van der Waals surface area contributed by atoms with E-state index in [1.807, 2.05) is 95.7 Å². The first kappa shape index (κ1) is 22.3. The summed E-state index contributed by atoms with van der Waals surface area (Å²) in [6.07, 6.45) is 3.36. The van der Waals surface area contributed by atoms with Crippen molar-refractivity contribution >= 4 is 16.3 Å². The van der Waals surface area contributed by atoms with Crippen LogP contribution in [0.3, 0.4) is 0 Å². The van der Waals surface area contributed by atoms with Crippen LogP contribution in [0.4, 0.5) is 4.79 Å². The number of nitrogens with zero attached hydrogens (tertiary/aromatic N) is 2. The Morgan fingerprint density at radius 3 is 2.00 bits per heavy atom. The molecule has 1 amide bonds. The lowest BCUT2D eigenvalue weighted by atomic mass is 9.92. The van der Waals surface area contributed by atoms with Gasteiger partial charge in [-0.3, -0.25) is 0 Å². The first-order valence-electron chi connectivity index (χ1n) is 10.4. The number of hydrogen-bond donors (Lipinski definition) is 1. The molecule has 33 heavy (non-hydrogen) atoms. The standard InChI is InChI=1S/C25H23N3O4S/c29-25(32-19-24(22-12-6-2-7-13-22)23-14-8-3-9-15-23)26-33(30,31)28-17-16-27(20-28)18-21-10-4-1-5-11-21/h1-17,20,24H,18-19H2/p+1. The highest BCUT2D eigenvalue weighted by atomic mass is 32.2. The lowest BCUT2D eigenvalue weighted by Gasteiger charge is -2.18. The van der Waals surface area contributed by atoms with Crippen LogP contribution in [0.2, 0.25) is 0 Å². The van der Waals surface area contributed by atoms with E-state index in [0.717, 1.165) is 20.7 Å². The number of benzene rings is 3. The Kier molecular flexibility index (Phi) is 6.85. The zero-order valence-corrected chi connectivity index (χ0v) is 18.6. The average molecular weight is 463 g/mol. The molecule has 0 saturated carbocycles. The number of carbonyl (C=O) groups excluding carboxylic acids is 1. The van der Waals surface area contributed by atoms with Gasteiger partial charge < -0.3 is 4.74 Å². The molecule has 0 spiro atoms. The molecule has 1 heterocycles. The molecule has 1 N–H and O–H groups in total. The van der Waals surface area contributed by atoms with Crippen LogP contribution in [0.1, 0.15) is 22.6 Å². The molecule has 1 aromatic heterocycles. The van der Waals surface area contributed by atoms with E-state index >= 15 is 0 Å².